The van der Waals surface area contributed by atoms with Gasteiger partial charge in [0.15, 0.2) is 8.32 Å². The summed E-state index contributed by atoms with van der Waals surface area (Å²) in [5, 5.41) is 0.316. The molecular formula is C15H30OSi. The Morgan fingerprint density at radius 1 is 1.24 bits per heavy atom. The van der Waals surface area contributed by atoms with Crippen molar-refractivity contribution in [1.82, 2.24) is 0 Å². The maximum atomic E-state index is 6.15. The highest BCUT2D eigenvalue weighted by atomic mass is 28.4. The Bertz CT molecular complexity index is 280. The first-order valence-corrected chi connectivity index (χ1v) is 9.83. The Morgan fingerprint density at radius 2 is 1.76 bits per heavy atom. The van der Waals surface area contributed by atoms with Gasteiger partial charge in [0.1, 0.15) is 0 Å². The average Bonchev–Trinajstić information content (AvgIpc) is 2.91. The van der Waals surface area contributed by atoms with Gasteiger partial charge in [-0.3, -0.25) is 0 Å². The lowest BCUT2D eigenvalue weighted by Crippen LogP contribution is -2.40. The van der Waals surface area contributed by atoms with Gasteiger partial charge in [-0.05, 0) is 42.3 Å². The predicted octanol–water partition coefficient (Wildman–Crippen LogP) is 5.00. The molecule has 0 bridgehead atoms. The van der Waals surface area contributed by atoms with Crippen molar-refractivity contribution < 1.29 is 4.43 Å². The Labute approximate surface area is 109 Å². The third-order valence-electron chi connectivity index (χ3n) is 4.77. The molecule has 0 aromatic rings. The minimum atomic E-state index is -1.56. The second kappa shape index (κ2) is 4.89. The minimum Gasteiger partial charge on any atom is -0.413 e. The molecule has 0 N–H and O–H groups in total. The summed E-state index contributed by atoms with van der Waals surface area (Å²) in [6.45, 7) is 17.0. The highest BCUT2D eigenvalue weighted by Gasteiger charge is 2.42. The van der Waals surface area contributed by atoms with E-state index < -0.39 is 8.32 Å². The number of allylic oxidation sites excluding steroid dienone is 1. The molecule has 1 nitrogen and oxygen atoms in total. The normalized spacial score (nSPS) is 20.2. The molecule has 2 heteroatoms. The molecule has 1 aliphatic carbocycles. The molecule has 0 atom stereocenters. The summed E-state index contributed by atoms with van der Waals surface area (Å²) in [6.07, 6.45) is 7.39. The van der Waals surface area contributed by atoms with Crippen LogP contribution in [0.3, 0.4) is 0 Å². The van der Waals surface area contributed by atoms with Crippen molar-refractivity contribution in [3.63, 3.8) is 0 Å². The van der Waals surface area contributed by atoms with Crippen LogP contribution in [0, 0.1) is 11.3 Å². The standard InChI is InChI=1S/C15H30OSi/c1-13(2)15(10-11-15)9-8-12-16-17(6,7)14(3,4)5/h8-9,13H,10-12H2,1-7H3/b9-8+. The first-order chi connectivity index (χ1) is 7.61. The van der Waals surface area contributed by atoms with Gasteiger partial charge in [-0.2, -0.15) is 0 Å². The lowest BCUT2D eigenvalue weighted by atomic mass is 9.92. The number of hydrogen-bond acceptors (Lipinski definition) is 1. The zero-order valence-electron chi connectivity index (χ0n) is 12.8. The van der Waals surface area contributed by atoms with E-state index in [1.165, 1.54) is 12.8 Å². The molecule has 0 amide bonds. The van der Waals surface area contributed by atoms with Crippen LogP contribution in [0.4, 0.5) is 0 Å². The molecule has 0 aromatic heterocycles. The summed E-state index contributed by atoms with van der Waals surface area (Å²) in [5.41, 5.74) is 0.511. The Morgan fingerprint density at radius 3 is 2.12 bits per heavy atom. The summed E-state index contributed by atoms with van der Waals surface area (Å²) in [6, 6.07) is 0. The molecule has 0 heterocycles. The van der Waals surface area contributed by atoms with E-state index in [0.29, 0.717) is 10.5 Å². The molecule has 0 saturated heterocycles. The van der Waals surface area contributed by atoms with Crippen molar-refractivity contribution in [2.75, 3.05) is 6.61 Å². The van der Waals surface area contributed by atoms with Gasteiger partial charge in [0.2, 0.25) is 0 Å². The molecule has 1 rings (SSSR count). The molecule has 100 valence electrons. The quantitative estimate of drug-likeness (QED) is 0.495. The lowest BCUT2D eigenvalue weighted by Gasteiger charge is -2.35. The van der Waals surface area contributed by atoms with Crippen LogP contribution < -0.4 is 0 Å². The van der Waals surface area contributed by atoms with Gasteiger partial charge in [-0.25, -0.2) is 0 Å². The number of hydrogen-bond donors (Lipinski definition) is 0. The van der Waals surface area contributed by atoms with Crippen LogP contribution in [0.15, 0.2) is 12.2 Å². The van der Waals surface area contributed by atoms with Gasteiger partial charge < -0.3 is 4.43 Å². The van der Waals surface area contributed by atoms with Crippen molar-refractivity contribution in [3.05, 3.63) is 12.2 Å². The van der Waals surface area contributed by atoms with Crippen LogP contribution in [-0.4, -0.2) is 14.9 Å². The Kier molecular flexibility index (Phi) is 4.31. The van der Waals surface area contributed by atoms with E-state index in [-0.39, 0.29) is 0 Å². The molecule has 0 aliphatic heterocycles. The zero-order valence-corrected chi connectivity index (χ0v) is 13.8. The van der Waals surface area contributed by atoms with E-state index in [4.69, 9.17) is 4.43 Å². The second-order valence-corrected chi connectivity index (χ2v) is 12.2. The predicted molar refractivity (Wildman–Crippen MR) is 78.8 cm³/mol. The summed E-state index contributed by atoms with van der Waals surface area (Å²) < 4.78 is 6.15. The van der Waals surface area contributed by atoms with Crippen LogP contribution in [0.25, 0.3) is 0 Å². The minimum absolute atomic E-state index is 0.316. The topological polar surface area (TPSA) is 9.23 Å². The monoisotopic (exact) mass is 254 g/mol. The number of rotatable bonds is 5. The van der Waals surface area contributed by atoms with Crippen LogP contribution >= 0.6 is 0 Å². The van der Waals surface area contributed by atoms with Crippen LogP contribution in [0.1, 0.15) is 47.5 Å². The molecule has 1 saturated carbocycles. The summed E-state index contributed by atoms with van der Waals surface area (Å²) in [7, 11) is -1.56. The molecule has 0 spiro atoms. The fourth-order valence-electron chi connectivity index (χ4n) is 1.84. The van der Waals surface area contributed by atoms with Crippen molar-refractivity contribution in [2.24, 2.45) is 11.3 Å². The summed E-state index contributed by atoms with van der Waals surface area (Å²) in [4.78, 5) is 0. The molecule has 0 unspecified atom stereocenters. The van der Waals surface area contributed by atoms with E-state index in [9.17, 15) is 0 Å². The largest absolute Gasteiger partial charge is 0.413 e. The van der Waals surface area contributed by atoms with Gasteiger partial charge in [-0.15, -0.1) is 0 Å². The summed E-state index contributed by atoms with van der Waals surface area (Å²) >= 11 is 0. The maximum Gasteiger partial charge on any atom is 0.192 e. The van der Waals surface area contributed by atoms with E-state index in [1.54, 1.807) is 0 Å². The van der Waals surface area contributed by atoms with Crippen molar-refractivity contribution in [1.29, 1.82) is 0 Å². The molecule has 17 heavy (non-hydrogen) atoms. The van der Waals surface area contributed by atoms with E-state index in [1.807, 2.05) is 0 Å². The highest BCUT2D eigenvalue weighted by molar-refractivity contribution is 6.74. The third-order valence-corrected chi connectivity index (χ3v) is 9.27. The fourth-order valence-corrected chi connectivity index (χ4v) is 2.78. The van der Waals surface area contributed by atoms with Crippen molar-refractivity contribution >= 4 is 8.32 Å². The first kappa shape index (κ1) is 15.0. The Balaban J connectivity index is 2.41. The zero-order chi connectivity index (χ0) is 13.3. The van der Waals surface area contributed by atoms with Gasteiger partial charge in [0, 0.05) is 0 Å². The lowest BCUT2D eigenvalue weighted by molar-refractivity contribution is 0.325. The molecule has 0 radical (unpaired) electrons. The van der Waals surface area contributed by atoms with Gasteiger partial charge in [0.25, 0.3) is 0 Å². The highest BCUT2D eigenvalue weighted by Crippen LogP contribution is 2.53. The third kappa shape index (κ3) is 3.69. The second-order valence-electron chi connectivity index (χ2n) is 7.36. The van der Waals surface area contributed by atoms with E-state index >= 15 is 0 Å². The molecular weight excluding hydrogens is 224 g/mol. The first-order valence-electron chi connectivity index (χ1n) is 6.92. The summed E-state index contributed by atoms with van der Waals surface area (Å²) in [5.74, 6) is 0.770. The van der Waals surface area contributed by atoms with Gasteiger partial charge in [0.05, 0.1) is 6.61 Å². The Hall–Kier alpha value is -0.0831. The molecule has 1 fully saturated rings. The SMILES string of the molecule is CC(C)C1(/C=C/CO[Si](C)(C)C(C)(C)C)CC1. The van der Waals surface area contributed by atoms with Crippen LogP contribution in [-0.2, 0) is 4.43 Å². The van der Waals surface area contributed by atoms with Gasteiger partial charge in [-0.1, -0.05) is 46.8 Å². The van der Waals surface area contributed by atoms with Crippen molar-refractivity contribution in [3.8, 4) is 0 Å². The molecule has 1 aliphatic rings. The van der Waals surface area contributed by atoms with Crippen molar-refractivity contribution in [2.45, 2.75) is 65.6 Å². The van der Waals surface area contributed by atoms with E-state index in [0.717, 1.165) is 12.5 Å². The average molecular weight is 254 g/mol. The van der Waals surface area contributed by atoms with Crippen LogP contribution in [0.5, 0.6) is 0 Å². The maximum absolute atomic E-state index is 6.15. The smallest absolute Gasteiger partial charge is 0.192 e. The van der Waals surface area contributed by atoms with Gasteiger partial charge >= 0.3 is 0 Å². The van der Waals surface area contributed by atoms with E-state index in [2.05, 4.69) is 59.9 Å². The van der Waals surface area contributed by atoms with Crippen LogP contribution in [0.2, 0.25) is 18.1 Å². The molecule has 0 aromatic carbocycles. The fraction of sp³-hybridized carbons (Fsp3) is 0.867.